The van der Waals surface area contributed by atoms with E-state index in [9.17, 15) is 18.1 Å². The fourth-order valence-electron chi connectivity index (χ4n) is 2.88. The number of hydrogen-bond donors (Lipinski definition) is 0. The molecule has 0 unspecified atom stereocenters. The number of aromatic nitrogens is 2. The van der Waals surface area contributed by atoms with Gasteiger partial charge in [-0.2, -0.15) is 5.26 Å². The van der Waals surface area contributed by atoms with E-state index in [1.54, 1.807) is 18.2 Å². The number of fused-ring (bicyclic) bond motifs is 1. The van der Waals surface area contributed by atoms with Crippen molar-refractivity contribution in [1.29, 1.82) is 5.26 Å². The highest BCUT2D eigenvalue weighted by atomic mass is 32.2. The van der Waals surface area contributed by atoms with Crippen LogP contribution in [0.15, 0.2) is 93.7 Å². The Labute approximate surface area is 177 Å². The van der Waals surface area contributed by atoms with Gasteiger partial charge >= 0.3 is 0 Å². The topological polar surface area (TPSA) is 83.7 Å². The van der Waals surface area contributed by atoms with Crippen molar-refractivity contribution in [1.82, 2.24) is 9.97 Å². The second-order valence-electron chi connectivity index (χ2n) is 6.33. The van der Waals surface area contributed by atoms with Crippen LogP contribution in [0.3, 0.4) is 0 Å². The molecule has 0 amide bonds. The molecule has 0 aliphatic carbocycles. The lowest BCUT2D eigenvalue weighted by Gasteiger charge is -2.15. The first-order chi connectivity index (χ1) is 14.5. The normalized spacial score (nSPS) is 12.4. The zero-order valence-corrected chi connectivity index (χ0v) is 17.1. The third-order valence-corrected chi connectivity index (χ3v) is 7.22. The maximum atomic E-state index is 13.3. The Balaban J connectivity index is 1.89. The summed E-state index contributed by atoms with van der Waals surface area (Å²) in [5.41, 5.74) is 1.13. The summed E-state index contributed by atoms with van der Waals surface area (Å²) >= 11 is 1.24. The zero-order valence-electron chi connectivity index (χ0n) is 15.4. The van der Waals surface area contributed by atoms with Crippen LogP contribution in [0, 0.1) is 17.1 Å². The van der Waals surface area contributed by atoms with Crippen molar-refractivity contribution < 1.29 is 12.8 Å². The van der Waals surface area contributed by atoms with Crippen LogP contribution in [0.1, 0.15) is 10.9 Å². The van der Waals surface area contributed by atoms with Crippen molar-refractivity contribution in [2.75, 3.05) is 0 Å². The fraction of sp³-hybridized carbons (Fsp3) is 0.0455. The molecule has 0 bridgehead atoms. The van der Waals surface area contributed by atoms with Crippen molar-refractivity contribution in [3.8, 4) is 6.07 Å². The Morgan fingerprint density at radius 1 is 0.867 bits per heavy atom. The second kappa shape index (κ2) is 8.22. The lowest BCUT2D eigenvalue weighted by molar-refractivity contribution is 0.588. The highest BCUT2D eigenvalue weighted by Gasteiger charge is 2.33. The Morgan fingerprint density at radius 3 is 2.10 bits per heavy atom. The standard InChI is InChI=1S/C22H14FN3O2S2/c23-15-10-12-17(13-11-15)30(27,28)20(14-24)21-22(29-16-6-2-1-3-7-16)26-19-9-5-4-8-18(19)25-21/h1-13,20H/t20-/m1/s1. The van der Waals surface area contributed by atoms with E-state index in [-0.39, 0.29) is 10.6 Å². The molecule has 3 aromatic carbocycles. The SMILES string of the molecule is N#C[C@H](c1nc2ccccc2nc1Sc1ccccc1)S(=O)(=O)c1ccc(F)cc1. The molecule has 0 saturated carbocycles. The largest absolute Gasteiger partial charge is 0.246 e. The molecular weight excluding hydrogens is 421 g/mol. The van der Waals surface area contributed by atoms with Gasteiger partial charge in [0.25, 0.3) is 0 Å². The molecule has 30 heavy (non-hydrogen) atoms. The van der Waals surface area contributed by atoms with Crippen molar-refractivity contribution in [2.24, 2.45) is 0 Å². The molecule has 0 aliphatic heterocycles. The molecule has 0 spiro atoms. The van der Waals surface area contributed by atoms with Crippen LogP contribution in [0.4, 0.5) is 4.39 Å². The molecule has 0 saturated heterocycles. The molecule has 4 rings (SSSR count). The lowest BCUT2D eigenvalue weighted by Crippen LogP contribution is -2.15. The molecular formula is C22H14FN3O2S2. The van der Waals surface area contributed by atoms with E-state index in [1.807, 2.05) is 42.5 Å². The number of hydrogen-bond acceptors (Lipinski definition) is 6. The van der Waals surface area contributed by atoms with Crippen LogP contribution >= 0.6 is 11.8 Å². The Kier molecular flexibility index (Phi) is 5.48. The first-order valence-electron chi connectivity index (χ1n) is 8.88. The van der Waals surface area contributed by atoms with Gasteiger partial charge in [0.1, 0.15) is 16.5 Å². The minimum absolute atomic E-state index is 0.0504. The molecule has 4 aromatic rings. The predicted octanol–water partition coefficient (Wildman–Crippen LogP) is 4.96. The molecule has 1 aromatic heterocycles. The van der Waals surface area contributed by atoms with Gasteiger partial charge in [0, 0.05) is 4.90 Å². The summed E-state index contributed by atoms with van der Waals surface area (Å²) in [6.07, 6.45) is 0. The van der Waals surface area contributed by atoms with Gasteiger partial charge in [0.05, 0.1) is 22.0 Å². The average Bonchev–Trinajstić information content (AvgIpc) is 2.75. The Bertz CT molecular complexity index is 1350. The van der Waals surface area contributed by atoms with E-state index < -0.39 is 20.9 Å². The number of rotatable bonds is 5. The van der Waals surface area contributed by atoms with Crippen molar-refractivity contribution in [3.63, 3.8) is 0 Å². The minimum atomic E-state index is -4.15. The number of sulfone groups is 1. The first kappa shape index (κ1) is 20.0. The van der Waals surface area contributed by atoms with Gasteiger partial charge in [-0.05, 0) is 48.5 Å². The van der Waals surface area contributed by atoms with Crippen LogP contribution < -0.4 is 0 Å². The molecule has 5 nitrogen and oxygen atoms in total. The third kappa shape index (κ3) is 3.90. The van der Waals surface area contributed by atoms with Gasteiger partial charge in [-0.25, -0.2) is 22.8 Å². The van der Waals surface area contributed by atoms with E-state index in [4.69, 9.17) is 0 Å². The lowest BCUT2D eigenvalue weighted by atomic mass is 10.2. The van der Waals surface area contributed by atoms with E-state index in [0.29, 0.717) is 16.1 Å². The van der Waals surface area contributed by atoms with Crippen molar-refractivity contribution in [3.05, 3.63) is 90.4 Å². The summed E-state index contributed by atoms with van der Waals surface area (Å²) in [7, 11) is -4.15. The highest BCUT2D eigenvalue weighted by Crippen LogP contribution is 2.36. The maximum absolute atomic E-state index is 13.3. The number of benzene rings is 3. The van der Waals surface area contributed by atoms with Crippen molar-refractivity contribution in [2.45, 2.75) is 20.1 Å². The van der Waals surface area contributed by atoms with E-state index in [1.165, 1.54) is 11.8 Å². The van der Waals surface area contributed by atoms with Crippen LogP contribution in [-0.2, 0) is 9.84 Å². The summed E-state index contributed by atoms with van der Waals surface area (Å²) in [6.45, 7) is 0. The Morgan fingerprint density at radius 2 is 1.47 bits per heavy atom. The zero-order chi connectivity index (χ0) is 21.1. The number of para-hydroxylation sites is 2. The van der Waals surface area contributed by atoms with Crippen LogP contribution in [0.5, 0.6) is 0 Å². The predicted molar refractivity (Wildman–Crippen MR) is 112 cm³/mol. The smallest absolute Gasteiger partial charge is 0.200 e. The summed E-state index contributed by atoms with van der Waals surface area (Å²) < 4.78 is 39.7. The molecule has 0 fully saturated rings. The van der Waals surface area contributed by atoms with Crippen LogP contribution in [0.2, 0.25) is 0 Å². The van der Waals surface area contributed by atoms with Crippen LogP contribution in [0.25, 0.3) is 11.0 Å². The number of halogens is 1. The molecule has 8 heteroatoms. The summed E-state index contributed by atoms with van der Waals surface area (Å²) in [6, 6.07) is 22.6. The highest BCUT2D eigenvalue weighted by molar-refractivity contribution is 7.99. The fourth-order valence-corrected chi connectivity index (χ4v) is 5.27. The van der Waals surface area contributed by atoms with Gasteiger partial charge < -0.3 is 0 Å². The monoisotopic (exact) mass is 435 g/mol. The van der Waals surface area contributed by atoms with E-state index in [2.05, 4.69) is 9.97 Å². The summed E-state index contributed by atoms with van der Waals surface area (Å²) in [4.78, 5) is 9.76. The van der Waals surface area contributed by atoms with Crippen LogP contribution in [-0.4, -0.2) is 18.4 Å². The quantitative estimate of drug-likeness (QED) is 0.412. The molecule has 1 atom stereocenters. The molecule has 0 N–H and O–H groups in total. The third-order valence-electron chi connectivity index (χ3n) is 4.34. The number of nitrogens with zero attached hydrogens (tertiary/aromatic N) is 3. The van der Waals surface area contributed by atoms with E-state index >= 15 is 0 Å². The van der Waals surface area contributed by atoms with Crippen molar-refractivity contribution >= 4 is 32.6 Å². The maximum Gasteiger partial charge on any atom is 0.200 e. The second-order valence-corrected chi connectivity index (χ2v) is 9.42. The van der Waals surface area contributed by atoms with Gasteiger partial charge in [-0.3, -0.25) is 0 Å². The van der Waals surface area contributed by atoms with Gasteiger partial charge in [-0.15, -0.1) is 0 Å². The van der Waals surface area contributed by atoms with Gasteiger partial charge in [-0.1, -0.05) is 42.1 Å². The molecule has 0 radical (unpaired) electrons. The summed E-state index contributed by atoms with van der Waals surface area (Å²) in [5.74, 6) is -0.562. The number of nitriles is 1. The first-order valence-corrected chi connectivity index (χ1v) is 11.2. The molecule has 148 valence electrons. The molecule has 0 aliphatic rings. The summed E-state index contributed by atoms with van der Waals surface area (Å²) in [5, 5.41) is 8.55. The van der Waals surface area contributed by atoms with Gasteiger partial charge in [0.2, 0.25) is 9.84 Å². The van der Waals surface area contributed by atoms with E-state index in [0.717, 1.165) is 29.2 Å². The van der Waals surface area contributed by atoms with Gasteiger partial charge in [0.15, 0.2) is 5.25 Å². The molecule has 1 heterocycles. The minimum Gasteiger partial charge on any atom is -0.246 e. The average molecular weight is 436 g/mol. The Hall–Kier alpha value is -3.28.